The number of amidine groups is 1. The number of nitrogens with zero attached hydrogens (tertiary/aromatic N) is 2. The molecule has 1 rings (SSSR count). The summed E-state index contributed by atoms with van der Waals surface area (Å²) in [4.78, 5) is 7.29. The third-order valence-electron chi connectivity index (χ3n) is 0.983. The van der Waals surface area contributed by atoms with Gasteiger partial charge in [0.15, 0.2) is 0 Å². The number of nitrogen functional groups attached to an aromatic ring is 2. The fraction of sp³-hybridized carbons (Fsp3) is 0. The zero-order valence-electron chi connectivity index (χ0n) is 5.20. The van der Waals surface area contributed by atoms with Crippen molar-refractivity contribution in [3.05, 3.63) is 18.0 Å². The van der Waals surface area contributed by atoms with E-state index in [9.17, 15) is 0 Å². The minimum absolute atomic E-state index is 0.0556. The van der Waals surface area contributed by atoms with Crippen LogP contribution in [-0.4, -0.2) is 15.8 Å². The smallest absolute Gasteiger partial charge is 0.219 e. The van der Waals surface area contributed by atoms with E-state index in [0.29, 0.717) is 5.56 Å². The molecule has 0 saturated carbocycles. The van der Waals surface area contributed by atoms with Gasteiger partial charge in [0.2, 0.25) is 5.95 Å². The molecule has 5 heteroatoms. The fourth-order valence-corrected chi connectivity index (χ4v) is 0.477. The molecular weight excluding hydrogens is 130 g/mol. The molecule has 0 aromatic carbocycles. The summed E-state index contributed by atoms with van der Waals surface area (Å²) in [6, 6.07) is 0. The van der Waals surface area contributed by atoms with Crippen molar-refractivity contribution in [2.45, 2.75) is 0 Å². The standard InChI is InChI=1S/C5H7N5/c6-4(7)3-1-9-5(8)10-2-3/h1-2H,(H3,6,7)(H2,8,9,10). The summed E-state index contributed by atoms with van der Waals surface area (Å²) >= 11 is 0. The number of anilines is 1. The molecule has 0 radical (unpaired) electrons. The number of nitrogens with one attached hydrogen (secondary N) is 1. The van der Waals surface area contributed by atoms with Crippen molar-refractivity contribution in [2.24, 2.45) is 5.73 Å². The predicted octanol–water partition coefficient (Wildman–Crippen LogP) is -0.657. The van der Waals surface area contributed by atoms with Gasteiger partial charge in [0.05, 0.1) is 5.56 Å². The molecule has 0 saturated heterocycles. The Balaban J connectivity index is 3.00. The Morgan fingerprint density at radius 1 is 1.40 bits per heavy atom. The van der Waals surface area contributed by atoms with Crippen LogP contribution in [0.3, 0.4) is 0 Å². The van der Waals surface area contributed by atoms with E-state index in [4.69, 9.17) is 16.9 Å². The maximum absolute atomic E-state index is 6.96. The second-order valence-corrected chi connectivity index (χ2v) is 1.74. The van der Waals surface area contributed by atoms with Crippen LogP contribution < -0.4 is 11.5 Å². The molecule has 0 spiro atoms. The lowest BCUT2D eigenvalue weighted by molar-refractivity contribution is 1.17. The molecule has 52 valence electrons. The van der Waals surface area contributed by atoms with Crippen LogP contribution >= 0.6 is 0 Å². The van der Waals surface area contributed by atoms with Gasteiger partial charge in [-0.25, -0.2) is 9.97 Å². The normalized spacial score (nSPS) is 9.20. The molecule has 0 amide bonds. The van der Waals surface area contributed by atoms with Crippen LogP contribution in [0.5, 0.6) is 0 Å². The van der Waals surface area contributed by atoms with E-state index in [1.165, 1.54) is 12.4 Å². The van der Waals surface area contributed by atoms with Crippen molar-refractivity contribution in [1.29, 1.82) is 5.41 Å². The van der Waals surface area contributed by atoms with E-state index >= 15 is 0 Å². The molecule has 0 bridgehead atoms. The highest BCUT2D eigenvalue weighted by atomic mass is 15.0. The first-order valence-corrected chi connectivity index (χ1v) is 2.62. The van der Waals surface area contributed by atoms with Crippen LogP contribution in [0, 0.1) is 5.41 Å². The molecule has 0 aliphatic carbocycles. The Kier molecular flexibility index (Phi) is 1.49. The molecule has 0 fully saturated rings. The Morgan fingerprint density at radius 2 is 1.90 bits per heavy atom. The fourth-order valence-electron chi connectivity index (χ4n) is 0.477. The zero-order chi connectivity index (χ0) is 7.56. The van der Waals surface area contributed by atoms with Gasteiger partial charge >= 0.3 is 0 Å². The van der Waals surface area contributed by atoms with Crippen LogP contribution in [0.1, 0.15) is 5.56 Å². The summed E-state index contributed by atoms with van der Waals surface area (Å²) in [7, 11) is 0. The minimum Gasteiger partial charge on any atom is -0.384 e. The average Bonchev–Trinajstić information content (AvgIpc) is 1.88. The number of aromatic nitrogens is 2. The van der Waals surface area contributed by atoms with E-state index in [0.717, 1.165) is 0 Å². The molecule has 1 heterocycles. The molecule has 0 aliphatic heterocycles. The Morgan fingerprint density at radius 3 is 2.30 bits per heavy atom. The first-order valence-electron chi connectivity index (χ1n) is 2.62. The highest BCUT2D eigenvalue weighted by Gasteiger charge is 1.94. The highest BCUT2D eigenvalue weighted by Crippen LogP contribution is 1.93. The van der Waals surface area contributed by atoms with E-state index in [2.05, 4.69) is 9.97 Å². The van der Waals surface area contributed by atoms with Crippen LogP contribution in [0.25, 0.3) is 0 Å². The number of nitrogens with two attached hydrogens (primary N) is 2. The van der Waals surface area contributed by atoms with Crippen molar-refractivity contribution in [1.82, 2.24) is 9.97 Å². The van der Waals surface area contributed by atoms with Crippen molar-refractivity contribution < 1.29 is 0 Å². The molecule has 0 unspecified atom stereocenters. The lowest BCUT2D eigenvalue weighted by Gasteiger charge is -1.94. The first kappa shape index (κ1) is 6.47. The minimum atomic E-state index is -0.0556. The van der Waals surface area contributed by atoms with Gasteiger partial charge in [0.25, 0.3) is 0 Å². The van der Waals surface area contributed by atoms with Crippen molar-refractivity contribution in [3.8, 4) is 0 Å². The van der Waals surface area contributed by atoms with Gasteiger partial charge in [0, 0.05) is 12.4 Å². The Hall–Kier alpha value is -1.65. The Bertz CT molecular complexity index is 239. The van der Waals surface area contributed by atoms with Gasteiger partial charge in [-0.15, -0.1) is 0 Å². The topological polar surface area (TPSA) is 102 Å². The lowest BCUT2D eigenvalue weighted by atomic mass is 10.3. The molecule has 1 aromatic heterocycles. The summed E-state index contributed by atoms with van der Waals surface area (Å²) in [6.45, 7) is 0. The third-order valence-corrected chi connectivity index (χ3v) is 0.983. The van der Waals surface area contributed by atoms with E-state index < -0.39 is 0 Å². The predicted molar refractivity (Wildman–Crippen MR) is 37.5 cm³/mol. The number of hydrogen-bond acceptors (Lipinski definition) is 4. The van der Waals surface area contributed by atoms with Crippen molar-refractivity contribution in [2.75, 3.05) is 5.73 Å². The van der Waals surface area contributed by atoms with Gasteiger partial charge < -0.3 is 11.5 Å². The summed E-state index contributed by atoms with van der Waals surface area (Å²) in [5, 5.41) is 6.96. The second-order valence-electron chi connectivity index (χ2n) is 1.74. The lowest BCUT2D eigenvalue weighted by Crippen LogP contribution is -2.12. The first-order chi connectivity index (χ1) is 4.70. The van der Waals surface area contributed by atoms with Crippen LogP contribution in [0.2, 0.25) is 0 Å². The van der Waals surface area contributed by atoms with E-state index in [1.54, 1.807) is 0 Å². The SMILES string of the molecule is N=C(N)c1cnc(N)nc1. The third kappa shape index (κ3) is 1.19. The van der Waals surface area contributed by atoms with Gasteiger partial charge in [-0.3, -0.25) is 5.41 Å². The van der Waals surface area contributed by atoms with Crippen molar-refractivity contribution >= 4 is 11.8 Å². The quantitative estimate of drug-likeness (QED) is 0.353. The van der Waals surface area contributed by atoms with Crippen LogP contribution in [0.15, 0.2) is 12.4 Å². The largest absolute Gasteiger partial charge is 0.384 e. The van der Waals surface area contributed by atoms with Gasteiger partial charge in [-0.1, -0.05) is 0 Å². The Labute approximate surface area is 57.6 Å². The maximum atomic E-state index is 6.96. The zero-order valence-corrected chi connectivity index (χ0v) is 5.20. The molecule has 5 N–H and O–H groups in total. The molecule has 10 heavy (non-hydrogen) atoms. The second kappa shape index (κ2) is 2.30. The molecular formula is C5H7N5. The summed E-state index contributed by atoms with van der Waals surface area (Å²) in [6.07, 6.45) is 2.81. The average molecular weight is 137 g/mol. The van der Waals surface area contributed by atoms with Crippen LogP contribution in [0.4, 0.5) is 5.95 Å². The monoisotopic (exact) mass is 137 g/mol. The number of rotatable bonds is 1. The molecule has 1 aromatic rings. The molecule has 5 nitrogen and oxygen atoms in total. The summed E-state index contributed by atoms with van der Waals surface area (Å²) < 4.78 is 0. The molecule has 0 aliphatic rings. The summed E-state index contributed by atoms with van der Waals surface area (Å²) in [5.74, 6) is 0.130. The number of hydrogen-bond donors (Lipinski definition) is 3. The van der Waals surface area contributed by atoms with E-state index in [-0.39, 0.29) is 11.8 Å². The van der Waals surface area contributed by atoms with Crippen LogP contribution in [-0.2, 0) is 0 Å². The highest BCUT2D eigenvalue weighted by molar-refractivity contribution is 5.94. The molecule has 0 atom stereocenters. The van der Waals surface area contributed by atoms with Crippen molar-refractivity contribution in [3.63, 3.8) is 0 Å². The summed E-state index contributed by atoms with van der Waals surface area (Å²) in [5.41, 5.74) is 10.8. The van der Waals surface area contributed by atoms with E-state index in [1.807, 2.05) is 0 Å². The van der Waals surface area contributed by atoms with Gasteiger partial charge in [0.1, 0.15) is 5.84 Å². The maximum Gasteiger partial charge on any atom is 0.219 e. The van der Waals surface area contributed by atoms with Gasteiger partial charge in [-0.05, 0) is 0 Å². The van der Waals surface area contributed by atoms with Gasteiger partial charge in [-0.2, -0.15) is 0 Å².